The highest BCUT2D eigenvalue weighted by atomic mass is 16.5. The number of rotatable bonds is 4. The molecule has 4 heteroatoms. The summed E-state index contributed by atoms with van der Waals surface area (Å²) in [5.41, 5.74) is 0.530. The first-order valence-corrected chi connectivity index (χ1v) is 7.09. The Labute approximate surface area is 114 Å². The Morgan fingerprint density at radius 2 is 2.37 bits per heavy atom. The maximum atomic E-state index is 12.3. The van der Waals surface area contributed by atoms with Gasteiger partial charge in [0, 0.05) is 12.2 Å². The minimum Gasteiger partial charge on any atom is -0.477 e. The standard InChI is InChI=1S/C15H22N2O2/c1-3-19-15-13(8-5-9-16-15)14(18)17-12-7-4-6-11(2)10-12/h5,8-9,11-12H,3-4,6-7,10H2,1-2H3,(H,17,18). The number of hydrogen-bond donors (Lipinski definition) is 1. The zero-order chi connectivity index (χ0) is 13.7. The summed E-state index contributed by atoms with van der Waals surface area (Å²) in [7, 11) is 0. The molecule has 0 saturated heterocycles. The lowest BCUT2D eigenvalue weighted by molar-refractivity contribution is 0.0916. The van der Waals surface area contributed by atoms with Gasteiger partial charge in [-0.3, -0.25) is 4.79 Å². The molecule has 2 unspecified atom stereocenters. The van der Waals surface area contributed by atoms with Crippen LogP contribution in [0.4, 0.5) is 0 Å². The second-order valence-corrected chi connectivity index (χ2v) is 5.23. The highest BCUT2D eigenvalue weighted by Crippen LogP contribution is 2.24. The number of carbonyl (C=O) groups is 1. The summed E-state index contributed by atoms with van der Waals surface area (Å²) in [4.78, 5) is 16.4. The van der Waals surface area contributed by atoms with Crippen LogP contribution >= 0.6 is 0 Å². The molecular weight excluding hydrogens is 240 g/mol. The summed E-state index contributed by atoms with van der Waals surface area (Å²) in [6, 6.07) is 3.81. The molecular formula is C15H22N2O2. The van der Waals surface area contributed by atoms with E-state index in [1.54, 1.807) is 18.3 Å². The average molecular weight is 262 g/mol. The molecule has 2 atom stereocenters. The number of hydrogen-bond acceptors (Lipinski definition) is 3. The Morgan fingerprint density at radius 1 is 1.53 bits per heavy atom. The molecule has 19 heavy (non-hydrogen) atoms. The number of ether oxygens (including phenoxy) is 1. The molecule has 1 aromatic heterocycles. The quantitative estimate of drug-likeness (QED) is 0.907. The van der Waals surface area contributed by atoms with Gasteiger partial charge in [-0.2, -0.15) is 0 Å². The van der Waals surface area contributed by atoms with E-state index in [0.29, 0.717) is 24.0 Å². The third kappa shape index (κ3) is 3.69. The van der Waals surface area contributed by atoms with Gasteiger partial charge >= 0.3 is 0 Å². The zero-order valence-electron chi connectivity index (χ0n) is 11.7. The first kappa shape index (κ1) is 13.8. The smallest absolute Gasteiger partial charge is 0.256 e. The van der Waals surface area contributed by atoms with Crippen LogP contribution in [0, 0.1) is 5.92 Å². The molecule has 2 rings (SSSR count). The third-order valence-electron chi connectivity index (χ3n) is 3.57. The molecule has 104 valence electrons. The lowest BCUT2D eigenvalue weighted by atomic mass is 9.87. The maximum absolute atomic E-state index is 12.3. The molecule has 1 fully saturated rings. The monoisotopic (exact) mass is 262 g/mol. The van der Waals surface area contributed by atoms with E-state index in [0.717, 1.165) is 12.8 Å². The predicted molar refractivity (Wildman–Crippen MR) is 74.3 cm³/mol. The Hall–Kier alpha value is -1.58. The van der Waals surface area contributed by atoms with Gasteiger partial charge in [-0.1, -0.05) is 19.8 Å². The second-order valence-electron chi connectivity index (χ2n) is 5.23. The first-order chi connectivity index (χ1) is 9.20. The van der Waals surface area contributed by atoms with Crippen molar-refractivity contribution in [3.05, 3.63) is 23.9 Å². The Kier molecular flexibility index (Phi) is 4.77. The largest absolute Gasteiger partial charge is 0.477 e. The van der Waals surface area contributed by atoms with Crippen LogP contribution in [0.5, 0.6) is 5.88 Å². The van der Waals surface area contributed by atoms with Crippen molar-refractivity contribution in [2.75, 3.05) is 6.61 Å². The van der Waals surface area contributed by atoms with Gasteiger partial charge in [-0.05, 0) is 37.8 Å². The number of carbonyl (C=O) groups excluding carboxylic acids is 1. The zero-order valence-corrected chi connectivity index (χ0v) is 11.7. The fourth-order valence-corrected chi connectivity index (χ4v) is 2.64. The fraction of sp³-hybridized carbons (Fsp3) is 0.600. The van der Waals surface area contributed by atoms with E-state index in [2.05, 4.69) is 17.2 Å². The highest BCUT2D eigenvalue weighted by molar-refractivity contribution is 5.96. The minimum absolute atomic E-state index is 0.0735. The van der Waals surface area contributed by atoms with Gasteiger partial charge in [0.1, 0.15) is 5.56 Å². The summed E-state index contributed by atoms with van der Waals surface area (Å²) in [5, 5.41) is 3.11. The van der Waals surface area contributed by atoms with Crippen molar-refractivity contribution in [3.8, 4) is 5.88 Å². The molecule has 1 aromatic rings. The van der Waals surface area contributed by atoms with Gasteiger partial charge in [-0.15, -0.1) is 0 Å². The number of nitrogens with one attached hydrogen (secondary N) is 1. The molecule has 1 aliphatic carbocycles. The van der Waals surface area contributed by atoms with E-state index < -0.39 is 0 Å². The van der Waals surface area contributed by atoms with Crippen molar-refractivity contribution in [1.82, 2.24) is 10.3 Å². The van der Waals surface area contributed by atoms with Gasteiger partial charge in [0.25, 0.3) is 5.91 Å². The van der Waals surface area contributed by atoms with Crippen LogP contribution in [0.15, 0.2) is 18.3 Å². The van der Waals surface area contributed by atoms with E-state index in [1.165, 1.54) is 12.8 Å². The Bertz CT molecular complexity index is 434. The van der Waals surface area contributed by atoms with Crippen molar-refractivity contribution < 1.29 is 9.53 Å². The van der Waals surface area contributed by atoms with Crippen LogP contribution in [0.2, 0.25) is 0 Å². The minimum atomic E-state index is -0.0735. The summed E-state index contributed by atoms with van der Waals surface area (Å²) in [6.07, 6.45) is 6.24. The fourth-order valence-electron chi connectivity index (χ4n) is 2.64. The maximum Gasteiger partial charge on any atom is 0.256 e. The average Bonchev–Trinajstić information content (AvgIpc) is 2.39. The van der Waals surface area contributed by atoms with Gasteiger partial charge < -0.3 is 10.1 Å². The number of pyridine rings is 1. The molecule has 0 aromatic carbocycles. The molecule has 0 spiro atoms. The summed E-state index contributed by atoms with van der Waals surface area (Å²) in [5.74, 6) is 1.04. The van der Waals surface area contributed by atoms with Crippen molar-refractivity contribution in [2.24, 2.45) is 5.92 Å². The van der Waals surface area contributed by atoms with Crippen LogP contribution in [0.3, 0.4) is 0 Å². The SMILES string of the molecule is CCOc1ncccc1C(=O)NC1CCCC(C)C1. The lowest BCUT2D eigenvalue weighted by Gasteiger charge is -2.27. The van der Waals surface area contributed by atoms with Crippen LogP contribution < -0.4 is 10.1 Å². The van der Waals surface area contributed by atoms with Gasteiger partial charge in [0.05, 0.1) is 6.61 Å². The summed E-state index contributed by atoms with van der Waals surface area (Å²) in [6.45, 7) is 4.64. The summed E-state index contributed by atoms with van der Waals surface area (Å²) < 4.78 is 5.40. The highest BCUT2D eigenvalue weighted by Gasteiger charge is 2.22. The second kappa shape index (κ2) is 6.55. The molecule has 1 aliphatic rings. The van der Waals surface area contributed by atoms with Crippen molar-refractivity contribution >= 4 is 5.91 Å². The molecule has 1 heterocycles. The van der Waals surface area contributed by atoms with Crippen molar-refractivity contribution in [1.29, 1.82) is 0 Å². The Morgan fingerprint density at radius 3 is 3.11 bits per heavy atom. The van der Waals surface area contributed by atoms with Crippen LogP contribution in [0.1, 0.15) is 49.9 Å². The number of nitrogens with zero attached hydrogens (tertiary/aromatic N) is 1. The van der Waals surface area contributed by atoms with Crippen LogP contribution in [-0.4, -0.2) is 23.5 Å². The number of aromatic nitrogens is 1. The van der Waals surface area contributed by atoms with Gasteiger partial charge in [-0.25, -0.2) is 4.98 Å². The van der Waals surface area contributed by atoms with E-state index >= 15 is 0 Å². The van der Waals surface area contributed by atoms with E-state index in [9.17, 15) is 4.79 Å². The molecule has 1 N–H and O–H groups in total. The van der Waals surface area contributed by atoms with Gasteiger partial charge in [0.2, 0.25) is 5.88 Å². The third-order valence-corrected chi connectivity index (χ3v) is 3.57. The molecule has 0 radical (unpaired) electrons. The lowest BCUT2D eigenvalue weighted by Crippen LogP contribution is -2.38. The molecule has 1 saturated carbocycles. The normalized spacial score (nSPS) is 22.8. The van der Waals surface area contributed by atoms with E-state index in [-0.39, 0.29) is 11.9 Å². The van der Waals surface area contributed by atoms with E-state index in [1.807, 2.05) is 6.92 Å². The molecule has 4 nitrogen and oxygen atoms in total. The first-order valence-electron chi connectivity index (χ1n) is 7.09. The molecule has 1 amide bonds. The predicted octanol–water partition coefficient (Wildman–Crippen LogP) is 2.79. The van der Waals surface area contributed by atoms with Crippen LogP contribution in [0.25, 0.3) is 0 Å². The Balaban J connectivity index is 2.03. The van der Waals surface area contributed by atoms with Crippen molar-refractivity contribution in [3.63, 3.8) is 0 Å². The summed E-state index contributed by atoms with van der Waals surface area (Å²) >= 11 is 0. The topological polar surface area (TPSA) is 51.2 Å². The molecule has 0 bridgehead atoms. The van der Waals surface area contributed by atoms with E-state index in [4.69, 9.17) is 4.74 Å². The molecule has 0 aliphatic heterocycles. The van der Waals surface area contributed by atoms with Crippen LogP contribution in [-0.2, 0) is 0 Å². The number of amides is 1. The van der Waals surface area contributed by atoms with Crippen molar-refractivity contribution in [2.45, 2.75) is 45.6 Å². The van der Waals surface area contributed by atoms with Gasteiger partial charge in [0.15, 0.2) is 0 Å².